The van der Waals surface area contributed by atoms with Crippen LogP contribution in [0.25, 0.3) is 0 Å². The van der Waals surface area contributed by atoms with Gasteiger partial charge in [-0.1, -0.05) is 0 Å². The number of rotatable bonds is 3. The first-order valence-corrected chi connectivity index (χ1v) is 7.54. The molecule has 0 bridgehead atoms. The van der Waals surface area contributed by atoms with Crippen molar-refractivity contribution in [1.82, 2.24) is 0 Å². The minimum absolute atomic E-state index is 0.286. The quantitative estimate of drug-likeness (QED) is 0.889. The van der Waals surface area contributed by atoms with Crippen LogP contribution in [0.1, 0.15) is 53.0 Å². The zero-order chi connectivity index (χ0) is 16.8. The van der Waals surface area contributed by atoms with E-state index in [9.17, 15) is 9.18 Å². The van der Waals surface area contributed by atoms with Crippen molar-refractivity contribution >= 4 is 11.8 Å². The normalized spacial score (nSPS) is 17.0. The van der Waals surface area contributed by atoms with Gasteiger partial charge in [0.1, 0.15) is 11.4 Å². The van der Waals surface area contributed by atoms with Crippen molar-refractivity contribution < 1.29 is 13.9 Å². The van der Waals surface area contributed by atoms with Crippen LogP contribution in [0.4, 0.5) is 14.9 Å². The largest absolute Gasteiger partial charge is 0.444 e. The summed E-state index contributed by atoms with van der Waals surface area (Å²) in [4.78, 5) is 11.8. The topological polar surface area (TPSA) is 64.3 Å². The van der Waals surface area contributed by atoms with Gasteiger partial charge in [-0.05, 0) is 71.2 Å². The molecule has 0 radical (unpaired) electrons. The summed E-state index contributed by atoms with van der Waals surface area (Å²) in [6, 6.07) is 4.57. The molecular weight excluding hydrogens is 283 g/mol. The molecule has 1 aromatic rings. The summed E-state index contributed by atoms with van der Waals surface area (Å²) in [6.45, 7) is 9.19. The molecule has 3 N–H and O–H groups in total. The number of amides is 1. The molecular formula is C17H25FN2O2. The maximum absolute atomic E-state index is 14.2. The molecule has 5 heteroatoms. The highest BCUT2D eigenvalue weighted by Gasteiger charge is 2.55. The lowest BCUT2D eigenvalue weighted by molar-refractivity contribution is 0.0636. The van der Waals surface area contributed by atoms with Crippen molar-refractivity contribution in [2.24, 2.45) is 5.73 Å². The zero-order valence-electron chi connectivity index (χ0n) is 13.9. The first-order valence-electron chi connectivity index (χ1n) is 7.54. The summed E-state index contributed by atoms with van der Waals surface area (Å²) >= 11 is 0. The summed E-state index contributed by atoms with van der Waals surface area (Å²) in [7, 11) is 0. The molecule has 0 saturated heterocycles. The lowest BCUT2D eigenvalue weighted by Gasteiger charge is -2.31. The Balaban J connectivity index is 2.24. The number of hydrogen-bond acceptors (Lipinski definition) is 3. The van der Waals surface area contributed by atoms with E-state index in [2.05, 4.69) is 5.32 Å². The van der Waals surface area contributed by atoms with Gasteiger partial charge in [0.05, 0.1) is 0 Å². The Bertz CT molecular complexity index is 581. The standard InChI is InChI=1S/C17H25FN2O2/c1-15(2,3)22-14(21)20-11-6-7-13(18)12(10-11)17(8-9-17)16(4,5)19/h6-7,10H,8-9,19H2,1-5H3,(H,20,21). The molecule has 0 atom stereocenters. The number of halogens is 1. The first-order chi connectivity index (χ1) is 9.95. The van der Waals surface area contributed by atoms with Crippen molar-refractivity contribution in [2.75, 3.05) is 5.32 Å². The molecule has 0 spiro atoms. The molecule has 1 aliphatic rings. The summed E-state index contributed by atoms with van der Waals surface area (Å²) < 4.78 is 19.5. The number of benzene rings is 1. The van der Waals surface area contributed by atoms with Crippen molar-refractivity contribution in [3.05, 3.63) is 29.6 Å². The maximum atomic E-state index is 14.2. The second-order valence-corrected chi connectivity index (χ2v) is 7.63. The molecule has 0 heterocycles. The monoisotopic (exact) mass is 308 g/mol. The van der Waals surface area contributed by atoms with Crippen LogP contribution in [0.3, 0.4) is 0 Å². The van der Waals surface area contributed by atoms with Gasteiger partial charge in [-0.15, -0.1) is 0 Å². The fraction of sp³-hybridized carbons (Fsp3) is 0.588. The van der Waals surface area contributed by atoms with Gasteiger partial charge < -0.3 is 10.5 Å². The number of nitrogens with one attached hydrogen (secondary N) is 1. The lowest BCUT2D eigenvalue weighted by atomic mass is 9.79. The second kappa shape index (κ2) is 5.23. The van der Waals surface area contributed by atoms with Crippen molar-refractivity contribution in [2.45, 2.75) is 64.0 Å². The third-order valence-electron chi connectivity index (χ3n) is 4.11. The second-order valence-electron chi connectivity index (χ2n) is 7.63. The van der Waals surface area contributed by atoms with Gasteiger partial charge in [-0.3, -0.25) is 5.32 Å². The molecule has 2 rings (SSSR count). The maximum Gasteiger partial charge on any atom is 0.412 e. The van der Waals surface area contributed by atoms with E-state index in [0.717, 1.165) is 12.8 Å². The van der Waals surface area contributed by atoms with Gasteiger partial charge in [0, 0.05) is 16.6 Å². The molecule has 22 heavy (non-hydrogen) atoms. The van der Waals surface area contributed by atoms with Gasteiger partial charge in [0.15, 0.2) is 0 Å². The summed E-state index contributed by atoms with van der Waals surface area (Å²) in [5.41, 5.74) is 5.86. The molecule has 1 aliphatic carbocycles. The van der Waals surface area contributed by atoms with Crippen LogP contribution in [-0.4, -0.2) is 17.2 Å². The SMILES string of the molecule is CC(C)(C)OC(=O)Nc1ccc(F)c(C2(C(C)(C)N)CC2)c1. The van der Waals surface area contributed by atoms with Crippen LogP contribution in [0.2, 0.25) is 0 Å². The molecule has 1 fully saturated rings. The van der Waals surface area contributed by atoms with E-state index in [4.69, 9.17) is 10.5 Å². The molecule has 122 valence electrons. The Morgan fingerprint density at radius 1 is 1.27 bits per heavy atom. The van der Waals surface area contributed by atoms with Crippen molar-refractivity contribution in [3.63, 3.8) is 0 Å². The van der Waals surface area contributed by atoms with E-state index in [-0.39, 0.29) is 11.2 Å². The van der Waals surface area contributed by atoms with E-state index < -0.39 is 17.2 Å². The van der Waals surface area contributed by atoms with Crippen LogP contribution >= 0.6 is 0 Å². The van der Waals surface area contributed by atoms with E-state index in [1.54, 1.807) is 26.8 Å². The fourth-order valence-electron chi connectivity index (χ4n) is 2.78. The van der Waals surface area contributed by atoms with Crippen LogP contribution in [0, 0.1) is 5.82 Å². The van der Waals surface area contributed by atoms with Crippen molar-refractivity contribution in [3.8, 4) is 0 Å². The molecule has 1 saturated carbocycles. The molecule has 1 aromatic carbocycles. The Kier molecular flexibility index (Phi) is 3.98. The summed E-state index contributed by atoms with van der Waals surface area (Å²) in [6.07, 6.45) is 1.15. The van der Waals surface area contributed by atoms with Gasteiger partial charge in [-0.25, -0.2) is 9.18 Å². The minimum Gasteiger partial charge on any atom is -0.444 e. The predicted molar refractivity (Wildman–Crippen MR) is 85.4 cm³/mol. The number of carbonyl (C=O) groups is 1. The van der Waals surface area contributed by atoms with Gasteiger partial charge in [0.2, 0.25) is 0 Å². The number of carbonyl (C=O) groups excluding carboxylic acids is 1. The van der Waals surface area contributed by atoms with Crippen LogP contribution in [0.5, 0.6) is 0 Å². The summed E-state index contributed by atoms with van der Waals surface area (Å²) in [5, 5.41) is 2.65. The number of ether oxygens (including phenoxy) is 1. The average Bonchev–Trinajstić information content (AvgIpc) is 3.09. The molecule has 0 unspecified atom stereocenters. The smallest absolute Gasteiger partial charge is 0.412 e. The third kappa shape index (κ3) is 3.40. The van der Waals surface area contributed by atoms with Crippen molar-refractivity contribution in [1.29, 1.82) is 0 Å². The fourth-order valence-corrected chi connectivity index (χ4v) is 2.78. The highest BCUT2D eigenvalue weighted by atomic mass is 19.1. The van der Waals surface area contributed by atoms with E-state index in [1.807, 2.05) is 13.8 Å². The van der Waals surface area contributed by atoms with Crippen LogP contribution in [0.15, 0.2) is 18.2 Å². The minimum atomic E-state index is -0.579. The Hall–Kier alpha value is -1.62. The van der Waals surface area contributed by atoms with E-state index in [0.29, 0.717) is 11.3 Å². The first kappa shape index (κ1) is 16.7. The summed E-state index contributed by atoms with van der Waals surface area (Å²) in [5.74, 6) is -0.286. The molecule has 4 nitrogen and oxygen atoms in total. The Morgan fingerprint density at radius 2 is 1.86 bits per heavy atom. The van der Waals surface area contributed by atoms with E-state index >= 15 is 0 Å². The number of nitrogens with two attached hydrogens (primary N) is 1. The zero-order valence-corrected chi connectivity index (χ0v) is 13.9. The van der Waals surface area contributed by atoms with Gasteiger partial charge >= 0.3 is 6.09 Å². The van der Waals surface area contributed by atoms with E-state index in [1.165, 1.54) is 12.1 Å². The molecule has 0 aromatic heterocycles. The van der Waals surface area contributed by atoms with Gasteiger partial charge in [0.25, 0.3) is 0 Å². The number of anilines is 1. The highest BCUT2D eigenvalue weighted by molar-refractivity contribution is 5.85. The van der Waals surface area contributed by atoms with Gasteiger partial charge in [-0.2, -0.15) is 0 Å². The predicted octanol–water partition coefficient (Wildman–Crippen LogP) is 3.94. The average molecular weight is 308 g/mol. The highest BCUT2D eigenvalue weighted by Crippen LogP contribution is 2.55. The van der Waals surface area contributed by atoms with Crippen LogP contribution in [-0.2, 0) is 10.2 Å². The lowest BCUT2D eigenvalue weighted by Crippen LogP contribution is -2.45. The van der Waals surface area contributed by atoms with Crippen LogP contribution < -0.4 is 11.1 Å². The Labute approximate surface area is 131 Å². The Morgan fingerprint density at radius 3 is 2.32 bits per heavy atom. The third-order valence-corrected chi connectivity index (χ3v) is 4.11. The number of hydrogen-bond donors (Lipinski definition) is 2. The molecule has 0 aliphatic heterocycles. The molecule has 1 amide bonds.